The van der Waals surface area contributed by atoms with E-state index in [4.69, 9.17) is 17.0 Å². The van der Waals surface area contributed by atoms with Gasteiger partial charge in [-0.15, -0.1) is 0 Å². The van der Waals surface area contributed by atoms with Crippen molar-refractivity contribution in [3.05, 3.63) is 64.7 Å². The number of hydrazone groups is 1. The fourth-order valence-corrected chi connectivity index (χ4v) is 3.04. The number of phenolic OH excluding ortho intramolecular Hbond substituents is 1. The average Bonchev–Trinajstić information content (AvgIpc) is 2.98. The van der Waals surface area contributed by atoms with Gasteiger partial charge in [0, 0.05) is 17.9 Å². The Kier molecular flexibility index (Phi) is 4.86. The maximum absolute atomic E-state index is 10.2. The first-order valence-corrected chi connectivity index (χ1v) is 8.39. The summed E-state index contributed by atoms with van der Waals surface area (Å²) in [5, 5.41) is 25.1. The largest absolute Gasteiger partial charge is 0.506 e. The summed E-state index contributed by atoms with van der Waals surface area (Å²) >= 11 is 6.00. The van der Waals surface area contributed by atoms with E-state index in [1.807, 2.05) is 31.2 Å². The van der Waals surface area contributed by atoms with Gasteiger partial charge in [0.15, 0.2) is 0 Å². The molecule has 0 amide bonds. The summed E-state index contributed by atoms with van der Waals surface area (Å²) in [6.07, 6.45) is 1.45. The SMILES string of the molecule is C[C@@H]1CN(C(=N)CCc2ccccc2)N=C1c1cccc(Cl)c1O. The van der Waals surface area contributed by atoms with E-state index in [1.54, 1.807) is 17.1 Å². The lowest BCUT2D eigenvalue weighted by molar-refractivity contribution is 0.443. The molecule has 0 spiro atoms. The average molecular weight is 342 g/mol. The van der Waals surface area contributed by atoms with Crippen LogP contribution in [0.25, 0.3) is 0 Å². The molecular weight excluding hydrogens is 322 g/mol. The number of benzene rings is 2. The zero-order chi connectivity index (χ0) is 17.1. The molecule has 124 valence electrons. The summed E-state index contributed by atoms with van der Waals surface area (Å²) in [5.41, 5.74) is 2.64. The Balaban J connectivity index is 1.72. The molecule has 2 N–H and O–H groups in total. The van der Waals surface area contributed by atoms with Gasteiger partial charge in [0.2, 0.25) is 0 Å². The number of nitrogens with one attached hydrogen (secondary N) is 1. The molecule has 2 aromatic carbocycles. The van der Waals surface area contributed by atoms with E-state index < -0.39 is 0 Å². The van der Waals surface area contributed by atoms with Crippen molar-refractivity contribution in [2.75, 3.05) is 6.54 Å². The number of hydrogen-bond donors (Lipinski definition) is 2. The van der Waals surface area contributed by atoms with Crippen molar-refractivity contribution in [1.29, 1.82) is 5.41 Å². The minimum Gasteiger partial charge on any atom is -0.506 e. The van der Waals surface area contributed by atoms with Crippen LogP contribution in [0.5, 0.6) is 5.75 Å². The molecule has 0 fully saturated rings. The molecule has 1 heterocycles. The number of halogens is 1. The van der Waals surface area contributed by atoms with Gasteiger partial charge in [-0.05, 0) is 24.1 Å². The topological polar surface area (TPSA) is 59.7 Å². The van der Waals surface area contributed by atoms with Gasteiger partial charge in [0.25, 0.3) is 0 Å². The van der Waals surface area contributed by atoms with E-state index in [2.05, 4.69) is 17.2 Å². The highest BCUT2D eigenvalue weighted by Gasteiger charge is 2.28. The second-order valence-electron chi connectivity index (χ2n) is 6.04. The van der Waals surface area contributed by atoms with Crippen LogP contribution in [0.1, 0.15) is 24.5 Å². The fourth-order valence-electron chi connectivity index (χ4n) is 2.86. The van der Waals surface area contributed by atoms with Crippen LogP contribution in [0, 0.1) is 11.3 Å². The second kappa shape index (κ2) is 7.05. The standard InChI is InChI=1S/C19H20ClN3O/c1-13-12-23(17(21)11-10-14-6-3-2-4-7-14)22-18(13)15-8-5-9-16(20)19(15)24/h2-9,13,21,24H,10-12H2,1H3/t13-/m1/s1. The molecule has 3 rings (SSSR count). The van der Waals surface area contributed by atoms with Gasteiger partial charge in [0.05, 0.1) is 17.3 Å². The molecule has 0 unspecified atom stereocenters. The number of para-hydroxylation sites is 1. The third-order valence-electron chi connectivity index (χ3n) is 4.21. The number of hydrogen-bond acceptors (Lipinski definition) is 3. The molecule has 0 saturated carbocycles. The highest BCUT2D eigenvalue weighted by atomic mass is 35.5. The number of phenols is 1. The molecule has 1 aliphatic rings. The number of amidine groups is 1. The number of aromatic hydroxyl groups is 1. The molecule has 0 saturated heterocycles. The predicted octanol–water partition coefficient (Wildman–Crippen LogP) is 4.31. The van der Waals surface area contributed by atoms with E-state index in [1.165, 1.54) is 5.56 Å². The highest BCUT2D eigenvalue weighted by molar-refractivity contribution is 6.32. The van der Waals surface area contributed by atoms with Gasteiger partial charge < -0.3 is 5.11 Å². The molecule has 0 aliphatic carbocycles. The molecule has 0 radical (unpaired) electrons. The first-order valence-electron chi connectivity index (χ1n) is 8.01. The lowest BCUT2D eigenvalue weighted by Gasteiger charge is -2.15. The van der Waals surface area contributed by atoms with E-state index >= 15 is 0 Å². The third kappa shape index (κ3) is 3.44. The summed E-state index contributed by atoms with van der Waals surface area (Å²) in [4.78, 5) is 0. The van der Waals surface area contributed by atoms with Crippen LogP contribution < -0.4 is 0 Å². The van der Waals surface area contributed by atoms with Crippen LogP contribution in [-0.2, 0) is 6.42 Å². The van der Waals surface area contributed by atoms with Gasteiger partial charge >= 0.3 is 0 Å². The van der Waals surface area contributed by atoms with Crippen molar-refractivity contribution < 1.29 is 5.11 Å². The van der Waals surface area contributed by atoms with Crippen LogP contribution in [0.3, 0.4) is 0 Å². The van der Waals surface area contributed by atoms with Crippen molar-refractivity contribution in [3.8, 4) is 5.75 Å². The summed E-state index contributed by atoms with van der Waals surface area (Å²) < 4.78 is 0. The molecule has 0 aromatic heterocycles. The number of rotatable bonds is 4. The van der Waals surface area contributed by atoms with E-state index in [-0.39, 0.29) is 11.7 Å². The van der Waals surface area contributed by atoms with Gasteiger partial charge in [-0.1, -0.05) is 54.9 Å². The van der Waals surface area contributed by atoms with Crippen molar-refractivity contribution in [2.24, 2.45) is 11.0 Å². The summed E-state index contributed by atoms with van der Waals surface area (Å²) in [5.74, 6) is 0.677. The summed E-state index contributed by atoms with van der Waals surface area (Å²) in [6.45, 7) is 2.69. The first kappa shape index (κ1) is 16.5. The Morgan fingerprint density at radius 1 is 1.25 bits per heavy atom. The van der Waals surface area contributed by atoms with Gasteiger partial charge in [-0.3, -0.25) is 10.4 Å². The molecule has 24 heavy (non-hydrogen) atoms. The van der Waals surface area contributed by atoms with Crippen LogP contribution in [-0.4, -0.2) is 28.2 Å². The molecule has 2 aromatic rings. The smallest absolute Gasteiger partial charge is 0.143 e. The Morgan fingerprint density at radius 3 is 2.75 bits per heavy atom. The molecule has 1 atom stereocenters. The van der Waals surface area contributed by atoms with E-state index in [0.717, 1.165) is 12.1 Å². The third-order valence-corrected chi connectivity index (χ3v) is 4.51. The molecule has 4 nitrogen and oxygen atoms in total. The lowest BCUT2D eigenvalue weighted by atomic mass is 9.98. The van der Waals surface area contributed by atoms with E-state index in [0.29, 0.717) is 29.4 Å². The van der Waals surface area contributed by atoms with Crippen LogP contribution >= 0.6 is 11.6 Å². The molecule has 0 bridgehead atoms. The predicted molar refractivity (Wildman–Crippen MR) is 98.0 cm³/mol. The normalized spacial score (nSPS) is 17.0. The maximum atomic E-state index is 10.2. The zero-order valence-corrected chi connectivity index (χ0v) is 14.3. The Bertz CT molecular complexity index is 773. The first-order chi connectivity index (χ1) is 11.6. The zero-order valence-electron chi connectivity index (χ0n) is 13.5. The highest BCUT2D eigenvalue weighted by Crippen LogP contribution is 2.31. The quantitative estimate of drug-likeness (QED) is 0.643. The molecule has 1 aliphatic heterocycles. The van der Waals surface area contributed by atoms with Crippen molar-refractivity contribution in [3.63, 3.8) is 0 Å². The minimum atomic E-state index is 0.0578. The monoisotopic (exact) mass is 341 g/mol. The fraction of sp³-hybridized carbons (Fsp3) is 0.263. The molecule has 5 heteroatoms. The number of aryl methyl sites for hydroxylation is 1. The second-order valence-corrected chi connectivity index (χ2v) is 6.44. The van der Waals surface area contributed by atoms with Crippen molar-refractivity contribution in [2.45, 2.75) is 19.8 Å². The van der Waals surface area contributed by atoms with E-state index in [9.17, 15) is 5.11 Å². The summed E-state index contributed by atoms with van der Waals surface area (Å²) in [7, 11) is 0. The van der Waals surface area contributed by atoms with Crippen LogP contribution in [0.15, 0.2) is 53.6 Å². The van der Waals surface area contributed by atoms with Crippen molar-refractivity contribution in [1.82, 2.24) is 5.01 Å². The Morgan fingerprint density at radius 2 is 2.00 bits per heavy atom. The number of nitrogens with zero attached hydrogens (tertiary/aromatic N) is 2. The summed E-state index contributed by atoms with van der Waals surface area (Å²) in [6, 6.07) is 15.4. The van der Waals surface area contributed by atoms with Gasteiger partial charge in [-0.25, -0.2) is 0 Å². The maximum Gasteiger partial charge on any atom is 0.143 e. The minimum absolute atomic E-state index is 0.0578. The molecular formula is C19H20ClN3O. The van der Waals surface area contributed by atoms with Crippen molar-refractivity contribution >= 4 is 23.1 Å². The van der Waals surface area contributed by atoms with Gasteiger partial charge in [-0.2, -0.15) is 5.10 Å². The van der Waals surface area contributed by atoms with Gasteiger partial charge in [0.1, 0.15) is 11.6 Å². The Labute approximate surface area is 146 Å². The lowest BCUT2D eigenvalue weighted by Crippen LogP contribution is -2.25. The van der Waals surface area contributed by atoms with Crippen LogP contribution in [0.2, 0.25) is 5.02 Å². The van der Waals surface area contributed by atoms with Crippen LogP contribution in [0.4, 0.5) is 0 Å². The Hall–Kier alpha value is -2.33.